The van der Waals surface area contributed by atoms with Crippen LogP contribution in [0.1, 0.15) is 13.3 Å². The second-order valence-corrected chi connectivity index (χ2v) is 7.14. The number of halogens is 1. The summed E-state index contributed by atoms with van der Waals surface area (Å²) in [6.07, 6.45) is 0.00359. The minimum atomic E-state index is -0.625. The highest BCUT2D eigenvalue weighted by Gasteiger charge is 2.30. The lowest BCUT2D eigenvalue weighted by Gasteiger charge is -2.24. The van der Waals surface area contributed by atoms with Gasteiger partial charge in [-0.15, -0.1) is 11.8 Å². The number of hydrogen-bond donors (Lipinski definition) is 2. The first-order chi connectivity index (χ1) is 10.8. The molecule has 8 heteroatoms. The van der Waals surface area contributed by atoms with Gasteiger partial charge < -0.3 is 15.5 Å². The summed E-state index contributed by atoms with van der Waals surface area (Å²) in [6.45, 7) is 1.62. The number of amides is 3. The smallest absolute Gasteiger partial charge is 0.244 e. The lowest BCUT2D eigenvalue weighted by atomic mass is 10.2. The van der Waals surface area contributed by atoms with Crippen LogP contribution in [0.15, 0.2) is 23.1 Å². The van der Waals surface area contributed by atoms with Crippen molar-refractivity contribution in [1.29, 1.82) is 0 Å². The number of nitrogens with zero attached hydrogens (tertiary/aromatic N) is 1. The molecule has 23 heavy (non-hydrogen) atoms. The first kappa shape index (κ1) is 17.6. The molecule has 0 saturated heterocycles. The number of benzene rings is 1. The molecule has 2 unspecified atom stereocenters. The topological polar surface area (TPSA) is 78.5 Å². The van der Waals surface area contributed by atoms with E-state index in [0.29, 0.717) is 10.7 Å². The average molecular weight is 356 g/mol. The SMILES string of the molecule is CC(NC(=O)CC1Sc2ccc(Cl)cc2NC1=O)C(=O)N(C)C. The number of nitrogens with one attached hydrogen (secondary N) is 2. The molecule has 2 atom stereocenters. The van der Waals surface area contributed by atoms with Crippen molar-refractivity contribution in [2.24, 2.45) is 0 Å². The number of likely N-dealkylation sites (N-methyl/N-ethyl adjacent to an activating group) is 1. The van der Waals surface area contributed by atoms with Crippen molar-refractivity contribution in [1.82, 2.24) is 10.2 Å². The molecule has 1 aromatic rings. The molecule has 2 N–H and O–H groups in total. The van der Waals surface area contributed by atoms with Crippen LogP contribution < -0.4 is 10.6 Å². The van der Waals surface area contributed by atoms with Crippen LogP contribution in [0.5, 0.6) is 0 Å². The molecule has 6 nitrogen and oxygen atoms in total. The predicted molar refractivity (Wildman–Crippen MR) is 90.6 cm³/mol. The summed E-state index contributed by atoms with van der Waals surface area (Å²) in [5.41, 5.74) is 0.653. The minimum Gasteiger partial charge on any atom is -0.347 e. The number of anilines is 1. The van der Waals surface area contributed by atoms with Crippen molar-refractivity contribution in [2.75, 3.05) is 19.4 Å². The molecular weight excluding hydrogens is 338 g/mol. The summed E-state index contributed by atoms with van der Waals surface area (Å²) in [5.74, 6) is -0.775. The van der Waals surface area contributed by atoms with E-state index in [9.17, 15) is 14.4 Å². The molecule has 1 aliphatic rings. The zero-order valence-corrected chi connectivity index (χ0v) is 14.6. The highest BCUT2D eigenvalue weighted by molar-refractivity contribution is 8.01. The Morgan fingerprint density at radius 2 is 2.13 bits per heavy atom. The highest BCUT2D eigenvalue weighted by Crippen LogP contribution is 2.38. The van der Waals surface area contributed by atoms with E-state index >= 15 is 0 Å². The predicted octanol–water partition coefficient (Wildman–Crippen LogP) is 1.74. The summed E-state index contributed by atoms with van der Waals surface area (Å²) in [6, 6.07) is 4.60. The van der Waals surface area contributed by atoms with Crippen molar-refractivity contribution in [2.45, 2.75) is 29.5 Å². The van der Waals surface area contributed by atoms with Gasteiger partial charge in [-0.3, -0.25) is 14.4 Å². The maximum Gasteiger partial charge on any atom is 0.244 e. The molecule has 0 aliphatic carbocycles. The number of carbonyl (C=O) groups is 3. The van der Waals surface area contributed by atoms with Gasteiger partial charge >= 0.3 is 0 Å². The lowest BCUT2D eigenvalue weighted by Crippen LogP contribution is -2.45. The highest BCUT2D eigenvalue weighted by atomic mass is 35.5. The van der Waals surface area contributed by atoms with Gasteiger partial charge in [0.25, 0.3) is 0 Å². The zero-order chi connectivity index (χ0) is 17.1. The molecule has 1 aliphatic heterocycles. The van der Waals surface area contributed by atoms with Gasteiger partial charge in [-0.05, 0) is 25.1 Å². The van der Waals surface area contributed by atoms with E-state index < -0.39 is 11.3 Å². The fourth-order valence-electron chi connectivity index (χ4n) is 2.17. The Bertz CT molecular complexity index is 651. The number of carbonyl (C=O) groups excluding carboxylic acids is 3. The van der Waals surface area contributed by atoms with Gasteiger partial charge in [0.15, 0.2) is 0 Å². The Morgan fingerprint density at radius 1 is 1.43 bits per heavy atom. The maximum absolute atomic E-state index is 12.1. The van der Waals surface area contributed by atoms with Crippen LogP contribution in [0.3, 0.4) is 0 Å². The monoisotopic (exact) mass is 355 g/mol. The Labute approximate surface area is 143 Å². The molecule has 124 valence electrons. The van der Waals surface area contributed by atoms with Gasteiger partial charge in [0.2, 0.25) is 17.7 Å². The average Bonchev–Trinajstić information content (AvgIpc) is 2.47. The number of thioether (sulfide) groups is 1. The van der Waals surface area contributed by atoms with E-state index in [1.54, 1.807) is 33.2 Å². The first-order valence-corrected chi connectivity index (χ1v) is 8.31. The molecule has 0 bridgehead atoms. The quantitative estimate of drug-likeness (QED) is 0.862. The Morgan fingerprint density at radius 3 is 2.78 bits per heavy atom. The molecule has 1 heterocycles. The van der Waals surface area contributed by atoms with Crippen LogP contribution in [0.4, 0.5) is 5.69 Å². The third-order valence-corrected chi connectivity index (χ3v) is 4.83. The standard InChI is InChI=1S/C15H18ClN3O3S/c1-8(15(22)19(2)3)17-13(20)7-12-14(21)18-10-6-9(16)4-5-11(10)23-12/h4-6,8,12H,7H2,1-3H3,(H,17,20)(H,18,21). The largest absolute Gasteiger partial charge is 0.347 e. The summed E-state index contributed by atoms with van der Waals surface area (Å²) in [4.78, 5) is 38.2. The van der Waals surface area contributed by atoms with Gasteiger partial charge in [0, 0.05) is 30.4 Å². The second-order valence-electron chi connectivity index (χ2n) is 5.46. The molecule has 0 aromatic heterocycles. The van der Waals surface area contributed by atoms with E-state index in [2.05, 4.69) is 10.6 Å². The molecule has 0 fully saturated rings. The van der Waals surface area contributed by atoms with Crippen molar-refractivity contribution in [3.63, 3.8) is 0 Å². The fraction of sp³-hybridized carbons (Fsp3) is 0.400. The van der Waals surface area contributed by atoms with E-state index in [1.165, 1.54) is 16.7 Å². The second kappa shape index (κ2) is 7.23. The van der Waals surface area contributed by atoms with Crippen molar-refractivity contribution in [3.05, 3.63) is 23.2 Å². The number of fused-ring (bicyclic) bond motifs is 1. The van der Waals surface area contributed by atoms with Gasteiger partial charge in [-0.1, -0.05) is 11.6 Å². The van der Waals surface area contributed by atoms with Crippen molar-refractivity contribution >= 4 is 46.8 Å². The van der Waals surface area contributed by atoms with E-state index in [0.717, 1.165) is 4.90 Å². The van der Waals surface area contributed by atoms with Crippen LogP contribution >= 0.6 is 23.4 Å². The number of rotatable bonds is 4. The molecular formula is C15H18ClN3O3S. The van der Waals surface area contributed by atoms with Crippen molar-refractivity contribution in [3.8, 4) is 0 Å². The fourth-order valence-corrected chi connectivity index (χ4v) is 3.44. The van der Waals surface area contributed by atoms with Crippen molar-refractivity contribution < 1.29 is 14.4 Å². The Hall–Kier alpha value is -1.73. The summed E-state index contributed by atoms with van der Waals surface area (Å²) < 4.78 is 0. The van der Waals surface area contributed by atoms with Crippen LogP contribution in [-0.4, -0.2) is 48.0 Å². The van der Waals surface area contributed by atoms with Crippen LogP contribution in [-0.2, 0) is 14.4 Å². The Kier molecular flexibility index (Phi) is 5.54. The molecule has 0 radical (unpaired) electrons. The lowest BCUT2D eigenvalue weighted by molar-refractivity contribution is -0.134. The summed E-state index contributed by atoms with van der Waals surface area (Å²) in [5, 5.41) is 5.37. The molecule has 0 spiro atoms. The van der Waals surface area contributed by atoms with Gasteiger partial charge in [-0.25, -0.2) is 0 Å². The summed E-state index contributed by atoms with van der Waals surface area (Å²) >= 11 is 7.21. The minimum absolute atomic E-state index is 0.00359. The number of hydrogen-bond acceptors (Lipinski definition) is 4. The van der Waals surface area contributed by atoms with Gasteiger partial charge in [0.1, 0.15) is 6.04 Å². The van der Waals surface area contributed by atoms with E-state index in [1.807, 2.05) is 6.07 Å². The maximum atomic E-state index is 12.1. The van der Waals surface area contributed by atoms with Gasteiger partial charge in [-0.2, -0.15) is 0 Å². The third kappa shape index (κ3) is 4.39. The molecule has 3 amide bonds. The first-order valence-electron chi connectivity index (χ1n) is 7.05. The molecule has 2 rings (SSSR count). The van der Waals surface area contributed by atoms with E-state index in [4.69, 9.17) is 11.6 Å². The van der Waals surface area contributed by atoms with E-state index in [-0.39, 0.29) is 24.1 Å². The molecule has 1 aromatic carbocycles. The molecule has 0 saturated carbocycles. The summed E-state index contributed by atoms with van der Waals surface area (Å²) in [7, 11) is 3.25. The van der Waals surface area contributed by atoms with Crippen LogP contribution in [0.2, 0.25) is 5.02 Å². The van der Waals surface area contributed by atoms with Crippen LogP contribution in [0.25, 0.3) is 0 Å². The van der Waals surface area contributed by atoms with Crippen LogP contribution in [0, 0.1) is 0 Å². The normalized spacial score (nSPS) is 17.7. The zero-order valence-electron chi connectivity index (χ0n) is 13.1. The van der Waals surface area contributed by atoms with Gasteiger partial charge in [0.05, 0.1) is 10.9 Å². The Balaban J connectivity index is 1.98. The third-order valence-electron chi connectivity index (χ3n) is 3.32.